The highest BCUT2D eigenvalue weighted by Crippen LogP contribution is 2.42. The van der Waals surface area contributed by atoms with Crippen molar-refractivity contribution in [3.63, 3.8) is 0 Å². The van der Waals surface area contributed by atoms with Crippen LogP contribution in [0.5, 0.6) is 5.75 Å². The van der Waals surface area contributed by atoms with Gasteiger partial charge in [-0.2, -0.15) is 0 Å². The minimum Gasteiger partial charge on any atom is -0.494 e. The van der Waals surface area contributed by atoms with Crippen molar-refractivity contribution in [1.82, 2.24) is 25.1 Å². The van der Waals surface area contributed by atoms with Crippen LogP contribution in [-0.4, -0.2) is 33.4 Å². The molecule has 1 saturated carbocycles. The van der Waals surface area contributed by atoms with Gasteiger partial charge in [0.2, 0.25) is 0 Å². The second-order valence-corrected chi connectivity index (χ2v) is 5.38. The van der Waals surface area contributed by atoms with E-state index in [2.05, 4.69) is 25.1 Å². The van der Waals surface area contributed by atoms with Gasteiger partial charge < -0.3 is 14.6 Å². The molecule has 0 radical (unpaired) electrons. The number of methoxy groups -OCH3 is 1. The van der Waals surface area contributed by atoms with Crippen molar-refractivity contribution in [3.8, 4) is 17.1 Å². The maximum absolute atomic E-state index is 5.39. The maximum Gasteiger partial charge on any atom is 0.167 e. The quantitative estimate of drug-likeness (QED) is 0.914. The SMILES string of the molecule is COc1cnccc1-c1nnc2n1CCNC2C1CC1. The molecule has 1 aliphatic carbocycles. The van der Waals surface area contributed by atoms with Crippen LogP contribution < -0.4 is 10.1 Å². The minimum atomic E-state index is 0.359. The van der Waals surface area contributed by atoms with Crippen molar-refractivity contribution in [2.75, 3.05) is 13.7 Å². The Kier molecular flexibility index (Phi) is 2.70. The summed E-state index contributed by atoms with van der Waals surface area (Å²) in [6.07, 6.45) is 6.06. The van der Waals surface area contributed by atoms with Crippen molar-refractivity contribution < 1.29 is 4.74 Å². The van der Waals surface area contributed by atoms with E-state index in [0.29, 0.717) is 6.04 Å². The average Bonchev–Trinajstić information content (AvgIpc) is 3.26. The molecule has 0 bridgehead atoms. The Hall–Kier alpha value is -1.95. The molecule has 0 saturated heterocycles. The summed E-state index contributed by atoms with van der Waals surface area (Å²) in [4.78, 5) is 4.10. The van der Waals surface area contributed by atoms with Gasteiger partial charge in [0.15, 0.2) is 11.6 Å². The van der Waals surface area contributed by atoms with Gasteiger partial charge in [-0.1, -0.05) is 0 Å². The van der Waals surface area contributed by atoms with Crippen molar-refractivity contribution in [3.05, 3.63) is 24.3 Å². The van der Waals surface area contributed by atoms with Crippen LogP contribution >= 0.6 is 0 Å². The monoisotopic (exact) mass is 271 g/mol. The van der Waals surface area contributed by atoms with E-state index in [0.717, 1.165) is 42.0 Å². The molecule has 2 aliphatic rings. The highest BCUT2D eigenvalue weighted by atomic mass is 16.5. The topological polar surface area (TPSA) is 64.9 Å². The number of hydrogen-bond donors (Lipinski definition) is 1. The van der Waals surface area contributed by atoms with Crippen LogP contribution in [0.2, 0.25) is 0 Å². The van der Waals surface area contributed by atoms with E-state index >= 15 is 0 Å². The average molecular weight is 271 g/mol. The molecule has 6 nitrogen and oxygen atoms in total. The molecular formula is C14H17N5O. The fourth-order valence-corrected chi connectivity index (χ4v) is 2.92. The molecule has 2 aromatic heterocycles. The Morgan fingerprint density at radius 1 is 1.35 bits per heavy atom. The summed E-state index contributed by atoms with van der Waals surface area (Å²) in [7, 11) is 1.66. The summed E-state index contributed by atoms with van der Waals surface area (Å²) >= 11 is 0. The van der Waals surface area contributed by atoms with Crippen LogP contribution in [0.25, 0.3) is 11.4 Å². The first-order valence-electron chi connectivity index (χ1n) is 7.03. The van der Waals surface area contributed by atoms with Gasteiger partial charge in [0, 0.05) is 19.3 Å². The molecule has 0 amide bonds. The number of pyridine rings is 1. The summed E-state index contributed by atoms with van der Waals surface area (Å²) in [6.45, 7) is 1.86. The van der Waals surface area contributed by atoms with Crippen molar-refractivity contribution in [2.45, 2.75) is 25.4 Å². The lowest BCUT2D eigenvalue weighted by atomic mass is 10.1. The highest BCUT2D eigenvalue weighted by molar-refractivity contribution is 5.63. The number of fused-ring (bicyclic) bond motifs is 1. The molecule has 1 aliphatic heterocycles. The molecule has 0 aromatic carbocycles. The van der Waals surface area contributed by atoms with Crippen LogP contribution in [0.1, 0.15) is 24.7 Å². The summed E-state index contributed by atoms with van der Waals surface area (Å²) < 4.78 is 7.61. The van der Waals surface area contributed by atoms with Gasteiger partial charge in [-0.15, -0.1) is 10.2 Å². The summed E-state index contributed by atoms with van der Waals surface area (Å²) in [5, 5.41) is 12.4. The summed E-state index contributed by atoms with van der Waals surface area (Å²) in [6, 6.07) is 2.29. The van der Waals surface area contributed by atoms with E-state index in [9.17, 15) is 0 Å². The highest BCUT2D eigenvalue weighted by Gasteiger charge is 2.37. The minimum absolute atomic E-state index is 0.359. The van der Waals surface area contributed by atoms with Gasteiger partial charge in [0.05, 0.1) is 24.9 Å². The molecule has 1 atom stereocenters. The molecule has 2 aromatic rings. The van der Waals surface area contributed by atoms with Crippen LogP contribution in [0, 0.1) is 5.92 Å². The molecule has 6 heteroatoms. The Labute approximate surface area is 117 Å². The van der Waals surface area contributed by atoms with Crippen LogP contribution in [0.4, 0.5) is 0 Å². The van der Waals surface area contributed by atoms with E-state index in [1.165, 1.54) is 12.8 Å². The molecule has 104 valence electrons. The molecule has 3 heterocycles. The lowest BCUT2D eigenvalue weighted by Crippen LogP contribution is -2.35. The molecule has 0 spiro atoms. The van der Waals surface area contributed by atoms with E-state index in [1.54, 1.807) is 19.5 Å². The van der Waals surface area contributed by atoms with Gasteiger partial charge in [0.25, 0.3) is 0 Å². The second-order valence-electron chi connectivity index (χ2n) is 5.38. The van der Waals surface area contributed by atoms with Crippen LogP contribution in [0.15, 0.2) is 18.5 Å². The van der Waals surface area contributed by atoms with Crippen LogP contribution in [0.3, 0.4) is 0 Å². The Balaban J connectivity index is 1.80. The first-order chi connectivity index (χ1) is 9.88. The smallest absolute Gasteiger partial charge is 0.167 e. The summed E-state index contributed by atoms with van der Waals surface area (Å²) in [5.41, 5.74) is 0.956. The molecule has 1 N–H and O–H groups in total. The lowest BCUT2D eigenvalue weighted by molar-refractivity contribution is 0.382. The number of ether oxygens (including phenoxy) is 1. The van der Waals surface area contributed by atoms with Gasteiger partial charge >= 0.3 is 0 Å². The van der Waals surface area contributed by atoms with Crippen molar-refractivity contribution in [1.29, 1.82) is 0 Å². The van der Waals surface area contributed by atoms with Gasteiger partial charge in [0.1, 0.15) is 5.75 Å². The predicted octanol–water partition coefficient (Wildman–Crippen LogP) is 1.40. The maximum atomic E-state index is 5.39. The fraction of sp³-hybridized carbons (Fsp3) is 0.500. The second kappa shape index (κ2) is 4.56. The molecule has 1 unspecified atom stereocenters. The first-order valence-corrected chi connectivity index (χ1v) is 7.03. The molecular weight excluding hydrogens is 254 g/mol. The van der Waals surface area contributed by atoms with Gasteiger partial charge in [-0.25, -0.2) is 0 Å². The van der Waals surface area contributed by atoms with E-state index in [4.69, 9.17) is 4.74 Å². The van der Waals surface area contributed by atoms with E-state index in [1.807, 2.05) is 6.07 Å². The fourth-order valence-electron chi connectivity index (χ4n) is 2.92. The first kappa shape index (κ1) is 11.8. The standard InChI is InChI=1S/C14H17N5O/c1-20-11-8-15-5-4-10(11)13-17-18-14-12(9-2-3-9)16-6-7-19(13)14/h4-5,8-9,12,16H,2-3,6-7H2,1H3. The van der Waals surface area contributed by atoms with Crippen molar-refractivity contribution in [2.24, 2.45) is 5.92 Å². The van der Waals surface area contributed by atoms with Gasteiger partial charge in [-0.05, 0) is 24.8 Å². The summed E-state index contributed by atoms with van der Waals surface area (Å²) in [5.74, 6) is 3.41. The third-order valence-corrected chi connectivity index (χ3v) is 4.10. The zero-order valence-electron chi connectivity index (χ0n) is 11.4. The number of nitrogens with one attached hydrogen (secondary N) is 1. The predicted molar refractivity (Wildman–Crippen MR) is 73.3 cm³/mol. The van der Waals surface area contributed by atoms with Crippen molar-refractivity contribution >= 4 is 0 Å². The Morgan fingerprint density at radius 3 is 3.05 bits per heavy atom. The molecule has 1 fully saturated rings. The third kappa shape index (κ3) is 1.79. The number of rotatable bonds is 3. The molecule has 4 rings (SSSR count). The van der Waals surface area contributed by atoms with E-state index in [-0.39, 0.29) is 0 Å². The Morgan fingerprint density at radius 2 is 2.25 bits per heavy atom. The van der Waals surface area contributed by atoms with Crippen LogP contribution in [-0.2, 0) is 6.54 Å². The molecule has 20 heavy (non-hydrogen) atoms. The number of hydrogen-bond acceptors (Lipinski definition) is 5. The third-order valence-electron chi connectivity index (χ3n) is 4.10. The zero-order chi connectivity index (χ0) is 13.5. The lowest BCUT2D eigenvalue weighted by Gasteiger charge is -2.25. The van der Waals surface area contributed by atoms with E-state index < -0.39 is 0 Å². The number of nitrogens with zero attached hydrogens (tertiary/aromatic N) is 4. The zero-order valence-corrected chi connectivity index (χ0v) is 11.4. The normalized spacial score (nSPS) is 21.6. The largest absolute Gasteiger partial charge is 0.494 e. The van der Waals surface area contributed by atoms with Gasteiger partial charge in [-0.3, -0.25) is 4.98 Å². The number of aromatic nitrogens is 4. The Bertz CT molecular complexity index is 634.